The fourth-order valence-corrected chi connectivity index (χ4v) is 3.76. The first-order valence-electron chi connectivity index (χ1n) is 8.95. The summed E-state index contributed by atoms with van der Waals surface area (Å²) in [5.74, 6) is 0.639. The molecular formula is C20H33N. The lowest BCUT2D eigenvalue weighted by atomic mass is 9.77. The molecule has 1 aliphatic rings. The number of hydrogen-bond acceptors (Lipinski definition) is 1. The summed E-state index contributed by atoms with van der Waals surface area (Å²) in [4.78, 5) is 0. The molecule has 1 aromatic rings. The fourth-order valence-electron chi connectivity index (χ4n) is 3.76. The molecule has 1 fully saturated rings. The Bertz CT molecular complexity index is 398. The Morgan fingerprint density at radius 1 is 1.05 bits per heavy atom. The van der Waals surface area contributed by atoms with Gasteiger partial charge in [-0.1, -0.05) is 57.9 Å². The van der Waals surface area contributed by atoms with Crippen LogP contribution < -0.4 is 5.32 Å². The van der Waals surface area contributed by atoms with Crippen LogP contribution in [-0.2, 0) is 6.42 Å². The first-order valence-corrected chi connectivity index (χ1v) is 8.95. The van der Waals surface area contributed by atoms with Crippen molar-refractivity contribution in [1.82, 2.24) is 5.32 Å². The van der Waals surface area contributed by atoms with Crippen LogP contribution in [0.15, 0.2) is 24.3 Å². The zero-order valence-corrected chi connectivity index (χ0v) is 14.3. The molecule has 1 aliphatic carbocycles. The second-order valence-electron chi connectivity index (χ2n) is 7.21. The molecule has 0 saturated heterocycles. The third-order valence-corrected chi connectivity index (χ3v) is 5.34. The minimum Gasteiger partial charge on any atom is -0.317 e. The Balaban J connectivity index is 1.89. The van der Waals surface area contributed by atoms with Crippen LogP contribution in [0.2, 0.25) is 0 Å². The average Bonchev–Trinajstić information content (AvgIpc) is 2.95. The van der Waals surface area contributed by atoms with Gasteiger partial charge in [0.15, 0.2) is 0 Å². The van der Waals surface area contributed by atoms with Crippen LogP contribution >= 0.6 is 0 Å². The molecule has 21 heavy (non-hydrogen) atoms. The summed E-state index contributed by atoms with van der Waals surface area (Å²) in [5.41, 5.74) is 3.61. The van der Waals surface area contributed by atoms with Gasteiger partial charge in [0.2, 0.25) is 0 Å². The van der Waals surface area contributed by atoms with E-state index in [1.165, 1.54) is 62.6 Å². The summed E-state index contributed by atoms with van der Waals surface area (Å²) in [7, 11) is 0. The van der Waals surface area contributed by atoms with Crippen LogP contribution in [0.5, 0.6) is 0 Å². The van der Waals surface area contributed by atoms with E-state index in [1.54, 1.807) is 0 Å². The monoisotopic (exact) mass is 287 g/mol. The first kappa shape index (κ1) is 16.5. The average molecular weight is 287 g/mol. The van der Waals surface area contributed by atoms with Gasteiger partial charge >= 0.3 is 0 Å². The van der Waals surface area contributed by atoms with Gasteiger partial charge in [0.25, 0.3) is 0 Å². The molecule has 1 saturated carbocycles. The molecule has 1 aromatic carbocycles. The van der Waals surface area contributed by atoms with Crippen molar-refractivity contribution in [2.45, 2.75) is 71.6 Å². The van der Waals surface area contributed by atoms with Gasteiger partial charge in [-0.05, 0) is 67.7 Å². The maximum Gasteiger partial charge on any atom is -0.00437 e. The molecule has 0 atom stereocenters. The van der Waals surface area contributed by atoms with Gasteiger partial charge in [0.05, 0.1) is 0 Å². The van der Waals surface area contributed by atoms with E-state index >= 15 is 0 Å². The molecule has 2 rings (SSSR count). The molecule has 0 radical (unpaired) electrons. The third kappa shape index (κ3) is 4.85. The summed E-state index contributed by atoms with van der Waals surface area (Å²) in [6, 6.07) is 9.34. The summed E-state index contributed by atoms with van der Waals surface area (Å²) in [5, 5.41) is 3.52. The van der Waals surface area contributed by atoms with Crippen molar-refractivity contribution in [1.29, 1.82) is 0 Å². The van der Waals surface area contributed by atoms with Gasteiger partial charge in [0.1, 0.15) is 0 Å². The van der Waals surface area contributed by atoms with E-state index in [1.807, 2.05) is 0 Å². The lowest BCUT2D eigenvalue weighted by Crippen LogP contribution is -2.25. The standard InChI is InChI=1S/C20H33N/c1-4-21-16-15-20(12-5-6-13-20)14-11-18-7-9-19(10-8-18)17(2)3/h7-10,17,21H,4-6,11-16H2,1-3H3. The Labute approximate surface area is 131 Å². The van der Waals surface area contributed by atoms with Crippen molar-refractivity contribution >= 4 is 0 Å². The molecule has 0 heterocycles. The molecule has 0 amide bonds. The Morgan fingerprint density at radius 2 is 1.71 bits per heavy atom. The smallest absolute Gasteiger partial charge is 0.00437 e. The molecule has 0 aromatic heterocycles. The van der Waals surface area contributed by atoms with Crippen molar-refractivity contribution in [3.8, 4) is 0 Å². The third-order valence-electron chi connectivity index (χ3n) is 5.34. The predicted octanol–water partition coefficient (Wildman–Crippen LogP) is 5.30. The lowest BCUT2D eigenvalue weighted by Gasteiger charge is -2.29. The van der Waals surface area contributed by atoms with Crippen LogP contribution in [0, 0.1) is 5.41 Å². The van der Waals surface area contributed by atoms with Gasteiger partial charge in [0, 0.05) is 0 Å². The van der Waals surface area contributed by atoms with Crippen LogP contribution in [-0.4, -0.2) is 13.1 Å². The second-order valence-corrected chi connectivity index (χ2v) is 7.21. The van der Waals surface area contributed by atoms with Gasteiger partial charge in [-0.3, -0.25) is 0 Å². The van der Waals surface area contributed by atoms with E-state index < -0.39 is 0 Å². The summed E-state index contributed by atoms with van der Waals surface area (Å²) in [6.45, 7) is 9.04. The van der Waals surface area contributed by atoms with Gasteiger partial charge in [-0.25, -0.2) is 0 Å². The SMILES string of the molecule is CCNCCC1(CCc2ccc(C(C)C)cc2)CCCC1. The molecule has 0 spiro atoms. The Hall–Kier alpha value is -0.820. The largest absolute Gasteiger partial charge is 0.317 e. The van der Waals surface area contributed by atoms with E-state index in [9.17, 15) is 0 Å². The predicted molar refractivity (Wildman–Crippen MR) is 92.9 cm³/mol. The van der Waals surface area contributed by atoms with Crippen LogP contribution in [0.3, 0.4) is 0 Å². The second kappa shape index (κ2) is 7.98. The fraction of sp³-hybridized carbons (Fsp3) is 0.700. The lowest BCUT2D eigenvalue weighted by molar-refractivity contribution is 0.246. The van der Waals surface area contributed by atoms with Crippen molar-refractivity contribution in [3.05, 3.63) is 35.4 Å². The van der Waals surface area contributed by atoms with Gasteiger partial charge < -0.3 is 5.32 Å². The maximum atomic E-state index is 3.52. The number of hydrogen-bond donors (Lipinski definition) is 1. The zero-order valence-electron chi connectivity index (χ0n) is 14.3. The normalized spacial score (nSPS) is 17.5. The highest BCUT2D eigenvalue weighted by molar-refractivity contribution is 5.24. The molecule has 1 N–H and O–H groups in total. The van der Waals surface area contributed by atoms with Crippen molar-refractivity contribution in [2.75, 3.05) is 13.1 Å². The number of rotatable bonds is 8. The number of benzene rings is 1. The topological polar surface area (TPSA) is 12.0 Å². The van der Waals surface area contributed by atoms with Crippen LogP contribution in [0.25, 0.3) is 0 Å². The van der Waals surface area contributed by atoms with Crippen LogP contribution in [0.1, 0.15) is 76.3 Å². The Kier molecular flexibility index (Phi) is 6.29. The molecule has 0 bridgehead atoms. The molecular weight excluding hydrogens is 254 g/mol. The van der Waals surface area contributed by atoms with Crippen molar-refractivity contribution in [2.24, 2.45) is 5.41 Å². The molecule has 1 nitrogen and oxygen atoms in total. The highest BCUT2D eigenvalue weighted by atomic mass is 14.8. The summed E-state index contributed by atoms with van der Waals surface area (Å²) in [6.07, 6.45) is 9.77. The molecule has 0 unspecified atom stereocenters. The first-order chi connectivity index (χ1) is 10.2. The van der Waals surface area contributed by atoms with Crippen molar-refractivity contribution < 1.29 is 0 Å². The quantitative estimate of drug-likeness (QED) is 0.639. The maximum absolute atomic E-state index is 3.52. The molecule has 1 heteroatoms. The van der Waals surface area contributed by atoms with E-state index in [0.717, 1.165) is 6.54 Å². The summed E-state index contributed by atoms with van der Waals surface area (Å²) >= 11 is 0. The summed E-state index contributed by atoms with van der Waals surface area (Å²) < 4.78 is 0. The minimum absolute atomic E-state index is 0.624. The van der Waals surface area contributed by atoms with Gasteiger partial charge in [-0.2, -0.15) is 0 Å². The minimum atomic E-state index is 0.624. The Morgan fingerprint density at radius 3 is 2.29 bits per heavy atom. The van der Waals surface area contributed by atoms with E-state index in [4.69, 9.17) is 0 Å². The molecule has 0 aliphatic heterocycles. The van der Waals surface area contributed by atoms with Crippen molar-refractivity contribution in [3.63, 3.8) is 0 Å². The molecule has 118 valence electrons. The van der Waals surface area contributed by atoms with E-state index in [0.29, 0.717) is 11.3 Å². The highest BCUT2D eigenvalue weighted by Gasteiger charge is 2.32. The van der Waals surface area contributed by atoms with E-state index in [-0.39, 0.29) is 0 Å². The number of nitrogens with one attached hydrogen (secondary N) is 1. The number of aryl methyl sites for hydroxylation is 1. The van der Waals surface area contributed by atoms with Gasteiger partial charge in [-0.15, -0.1) is 0 Å². The van der Waals surface area contributed by atoms with Crippen LogP contribution in [0.4, 0.5) is 0 Å². The zero-order chi connectivity index (χ0) is 15.1. The highest BCUT2D eigenvalue weighted by Crippen LogP contribution is 2.44. The van der Waals surface area contributed by atoms with E-state index in [2.05, 4.69) is 50.4 Å².